The SMILES string of the molecule is CC(NC1CCOC1)C(N)=O. The summed E-state index contributed by atoms with van der Waals surface area (Å²) in [5.41, 5.74) is 5.07. The summed E-state index contributed by atoms with van der Waals surface area (Å²) in [7, 11) is 0. The van der Waals surface area contributed by atoms with Crippen LogP contribution in [-0.2, 0) is 9.53 Å². The van der Waals surface area contributed by atoms with Gasteiger partial charge in [-0.05, 0) is 13.3 Å². The molecule has 1 aliphatic heterocycles. The van der Waals surface area contributed by atoms with Crippen LogP contribution in [0.25, 0.3) is 0 Å². The molecule has 11 heavy (non-hydrogen) atoms. The average molecular weight is 158 g/mol. The van der Waals surface area contributed by atoms with E-state index in [0.29, 0.717) is 12.6 Å². The molecule has 0 spiro atoms. The van der Waals surface area contributed by atoms with E-state index in [9.17, 15) is 4.79 Å². The summed E-state index contributed by atoms with van der Waals surface area (Å²) in [5.74, 6) is -0.308. The van der Waals surface area contributed by atoms with E-state index >= 15 is 0 Å². The lowest BCUT2D eigenvalue weighted by Gasteiger charge is -2.14. The molecule has 1 fully saturated rings. The fourth-order valence-electron chi connectivity index (χ4n) is 1.10. The van der Waals surface area contributed by atoms with Gasteiger partial charge in [0.25, 0.3) is 0 Å². The summed E-state index contributed by atoms with van der Waals surface area (Å²) in [6.45, 7) is 3.24. The zero-order chi connectivity index (χ0) is 8.27. The van der Waals surface area contributed by atoms with Crippen molar-refractivity contribution in [3.8, 4) is 0 Å². The second kappa shape index (κ2) is 3.69. The summed E-state index contributed by atoms with van der Waals surface area (Å²) in [5, 5.41) is 3.08. The molecule has 0 radical (unpaired) electrons. The third-order valence-electron chi connectivity index (χ3n) is 1.84. The molecule has 1 heterocycles. The van der Waals surface area contributed by atoms with Crippen molar-refractivity contribution in [1.82, 2.24) is 5.32 Å². The van der Waals surface area contributed by atoms with Gasteiger partial charge in [0.2, 0.25) is 5.91 Å². The minimum atomic E-state index is -0.308. The zero-order valence-corrected chi connectivity index (χ0v) is 6.67. The van der Waals surface area contributed by atoms with Crippen LogP contribution in [0, 0.1) is 0 Å². The molecular weight excluding hydrogens is 144 g/mol. The predicted molar refractivity (Wildman–Crippen MR) is 41.0 cm³/mol. The highest BCUT2D eigenvalue weighted by molar-refractivity contribution is 5.79. The van der Waals surface area contributed by atoms with Crippen molar-refractivity contribution in [1.29, 1.82) is 0 Å². The summed E-state index contributed by atoms with van der Waals surface area (Å²) in [6.07, 6.45) is 0.970. The van der Waals surface area contributed by atoms with Gasteiger partial charge in [0.15, 0.2) is 0 Å². The van der Waals surface area contributed by atoms with Gasteiger partial charge in [-0.1, -0.05) is 0 Å². The number of amides is 1. The third kappa shape index (κ3) is 2.48. The minimum Gasteiger partial charge on any atom is -0.380 e. The van der Waals surface area contributed by atoms with Crippen LogP contribution in [0.5, 0.6) is 0 Å². The van der Waals surface area contributed by atoms with E-state index in [1.54, 1.807) is 6.92 Å². The fraction of sp³-hybridized carbons (Fsp3) is 0.857. The standard InChI is InChI=1S/C7H14N2O2/c1-5(7(8)10)9-6-2-3-11-4-6/h5-6,9H,2-4H2,1H3,(H2,8,10). The summed E-state index contributed by atoms with van der Waals surface area (Å²) in [4.78, 5) is 10.6. The number of hydrogen-bond donors (Lipinski definition) is 2. The van der Waals surface area contributed by atoms with E-state index in [4.69, 9.17) is 10.5 Å². The first-order chi connectivity index (χ1) is 5.20. The maximum absolute atomic E-state index is 10.6. The molecule has 0 aliphatic carbocycles. The smallest absolute Gasteiger partial charge is 0.234 e. The van der Waals surface area contributed by atoms with Crippen molar-refractivity contribution in [2.75, 3.05) is 13.2 Å². The average Bonchev–Trinajstić information content (AvgIpc) is 2.39. The van der Waals surface area contributed by atoms with E-state index in [0.717, 1.165) is 13.0 Å². The number of hydrogen-bond acceptors (Lipinski definition) is 3. The topological polar surface area (TPSA) is 64.3 Å². The van der Waals surface area contributed by atoms with Gasteiger partial charge in [0, 0.05) is 12.6 Å². The number of primary amides is 1. The summed E-state index contributed by atoms with van der Waals surface area (Å²) < 4.78 is 5.12. The number of nitrogens with two attached hydrogens (primary N) is 1. The minimum absolute atomic E-state index is 0.248. The molecule has 2 atom stereocenters. The highest BCUT2D eigenvalue weighted by atomic mass is 16.5. The Hall–Kier alpha value is -0.610. The van der Waals surface area contributed by atoms with Gasteiger partial charge in [-0.15, -0.1) is 0 Å². The van der Waals surface area contributed by atoms with Crippen molar-refractivity contribution < 1.29 is 9.53 Å². The van der Waals surface area contributed by atoms with Crippen LogP contribution in [0.15, 0.2) is 0 Å². The molecule has 0 bridgehead atoms. The molecule has 0 aromatic rings. The Kier molecular flexibility index (Phi) is 2.84. The molecular formula is C7H14N2O2. The van der Waals surface area contributed by atoms with Crippen molar-refractivity contribution in [3.05, 3.63) is 0 Å². The molecule has 0 aromatic carbocycles. The first-order valence-corrected chi connectivity index (χ1v) is 3.83. The second-order valence-electron chi connectivity index (χ2n) is 2.85. The van der Waals surface area contributed by atoms with Crippen LogP contribution in [0.3, 0.4) is 0 Å². The Bertz CT molecular complexity index is 143. The Labute approximate surface area is 66.1 Å². The van der Waals surface area contributed by atoms with Gasteiger partial charge >= 0.3 is 0 Å². The third-order valence-corrected chi connectivity index (χ3v) is 1.84. The van der Waals surface area contributed by atoms with Crippen molar-refractivity contribution in [2.45, 2.75) is 25.4 Å². The van der Waals surface area contributed by atoms with Gasteiger partial charge in [0.05, 0.1) is 12.6 Å². The fourth-order valence-corrected chi connectivity index (χ4v) is 1.10. The van der Waals surface area contributed by atoms with Crippen molar-refractivity contribution in [2.24, 2.45) is 5.73 Å². The maximum atomic E-state index is 10.6. The highest BCUT2D eigenvalue weighted by Gasteiger charge is 2.19. The van der Waals surface area contributed by atoms with E-state index in [-0.39, 0.29) is 11.9 Å². The largest absolute Gasteiger partial charge is 0.380 e. The van der Waals surface area contributed by atoms with Gasteiger partial charge in [0.1, 0.15) is 0 Å². The molecule has 1 rings (SSSR count). The summed E-state index contributed by atoms with van der Waals surface area (Å²) >= 11 is 0. The normalized spacial score (nSPS) is 26.8. The van der Waals surface area contributed by atoms with E-state index < -0.39 is 0 Å². The van der Waals surface area contributed by atoms with E-state index in [2.05, 4.69) is 5.32 Å². The Balaban J connectivity index is 2.23. The number of ether oxygens (including phenoxy) is 1. The highest BCUT2D eigenvalue weighted by Crippen LogP contribution is 2.03. The monoisotopic (exact) mass is 158 g/mol. The first kappa shape index (κ1) is 8.49. The van der Waals surface area contributed by atoms with Crippen molar-refractivity contribution >= 4 is 5.91 Å². The maximum Gasteiger partial charge on any atom is 0.234 e. The van der Waals surface area contributed by atoms with Gasteiger partial charge in [-0.2, -0.15) is 0 Å². The van der Waals surface area contributed by atoms with Crippen LogP contribution in [0.4, 0.5) is 0 Å². The molecule has 3 N–H and O–H groups in total. The van der Waals surface area contributed by atoms with Crippen LogP contribution < -0.4 is 11.1 Å². The Morgan fingerprint density at radius 1 is 1.82 bits per heavy atom. The van der Waals surface area contributed by atoms with Gasteiger partial charge in [-0.3, -0.25) is 4.79 Å². The molecule has 2 unspecified atom stereocenters. The molecule has 1 aliphatic rings. The molecule has 64 valence electrons. The molecule has 1 amide bonds. The predicted octanol–water partition coefficient (Wildman–Crippen LogP) is -0.761. The first-order valence-electron chi connectivity index (χ1n) is 3.83. The zero-order valence-electron chi connectivity index (χ0n) is 6.67. The van der Waals surface area contributed by atoms with E-state index in [1.165, 1.54) is 0 Å². The van der Waals surface area contributed by atoms with Crippen LogP contribution >= 0.6 is 0 Å². The molecule has 0 aromatic heterocycles. The van der Waals surface area contributed by atoms with Gasteiger partial charge < -0.3 is 15.8 Å². The van der Waals surface area contributed by atoms with Crippen molar-refractivity contribution in [3.63, 3.8) is 0 Å². The number of carbonyl (C=O) groups is 1. The summed E-state index contributed by atoms with van der Waals surface area (Å²) in [6, 6.07) is 0.0548. The van der Waals surface area contributed by atoms with Gasteiger partial charge in [-0.25, -0.2) is 0 Å². The molecule has 1 saturated heterocycles. The molecule has 4 nitrogen and oxygen atoms in total. The van der Waals surface area contributed by atoms with Crippen LogP contribution in [0.2, 0.25) is 0 Å². The Morgan fingerprint density at radius 3 is 3.00 bits per heavy atom. The quantitative estimate of drug-likeness (QED) is 0.567. The lowest BCUT2D eigenvalue weighted by atomic mass is 10.2. The second-order valence-corrected chi connectivity index (χ2v) is 2.85. The lowest BCUT2D eigenvalue weighted by Crippen LogP contribution is -2.44. The van der Waals surface area contributed by atoms with Crippen LogP contribution in [0.1, 0.15) is 13.3 Å². The number of rotatable bonds is 3. The molecule has 0 saturated carbocycles. The number of carbonyl (C=O) groups excluding carboxylic acids is 1. The van der Waals surface area contributed by atoms with E-state index in [1.807, 2.05) is 0 Å². The van der Waals surface area contributed by atoms with Crippen LogP contribution in [-0.4, -0.2) is 31.2 Å². The molecule has 4 heteroatoms. The Morgan fingerprint density at radius 2 is 2.55 bits per heavy atom. The number of nitrogens with one attached hydrogen (secondary N) is 1. The lowest BCUT2D eigenvalue weighted by molar-refractivity contribution is -0.119.